The van der Waals surface area contributed by atoms with Gasteiger partial charge in [0, 0.05) is 11.8 Å². The van der Waals surface area contributed by atoms with Crippen molar-refractivity contribution in [3.63, 3.8) is 0 Å². The van der Waals surface area contributed by atoms with Crippen molar-refractivity contribution in [2.45, 2.75) is 25.2 Å². The van der Waals surface area contributed by atoms with Crippen molar-refractivity contribution in [3.8, 4) is 0 Å². The highest BCUT2D eigenvalue weighted by Gasteiger charge is 2.32. The molecule has 3 rings (SSSR count). The molecule has 2 atom stereocenters. The second-order valence-corrected chi connectivity index (χ2v) is 4.40. The van der Waals surface area contributed by atoms with Gasteiger partial charge >= 0.3 is 5.97 Å². The van der Waals surface area contributed by atoms with Crippen LogP contribution in [0, 0.1) is 0 Å². The Bertz CT molecular complexity index is 474. The first-order chi connectivity index (χ1) is 7.79. The van der Waals surface area contributed by atoms with Crippen LogP contribution in [-0.2, 0) is 4.74 Å². The fourth-order valence-electron chi connectivity index (χ4n) is 2.74. The van der Waals surface area contributed by atoms with Crippen LogP contribution in [0.4, 0.5) is 0 Å². The van der Waals surface area contributed by atoms with Crippen molar-refractivity contribution < 1.29 is 9.53 Å². The molecule has 2 aliphatic carbocycles. The highest BCUT2D eigenvalue weighted by atomic mass is 16.5. The number of hydrogen-bond acceptors (Lipinski definition) is 2. The van der Waals surface area contributed by atoms with Crippen molar-refractivity contribution in [2.75, 3.05) is 6.61 Å². The second kappa shape index (κ2) is 3.48. The molecular weight excluding hydrogens is 200 g/mol. The van der Waals surface area contributed by atoms with Crippen LogP contribution < -0.4 is 0 Å². The Morgan fingerprint density at radius 1 is 1.31 bits per heavy atom. The summed E-state index contributed by atoms with van der Waals surface area (Å²) in [7, 11) is 0. The maximum absolute atomic E-state index is 11.6. The molecule has 2 heteroatoms. The molecule has 82 valence electrons. The van der Waals surface area contributed by atoms with Crippen LogP contribution >= 0.6 is 0 Å². The Morgan fingerprint density at radius 3 is 2.81 bits per heavy atom. The highest BCUT2D eigenvalue weighted by Crippen LogP contribution is 2.48. The maximum atomic E-state index is 11.6. The molecule has 0 N–H and O–H groups in total. The van der Waals surface area contributed by atoms with Crippen LogP contribution in [0.25, 0.3) is 0 Å². The lowest BCUT2D eigenvalue weighted by Crippen LogP contribution is -2.06. The lowest BCUT2D eigenvalue weighted by atomic mass is 9.95. The lowest BCUT2D eigenvalue weighted by Gasteiger charge is -2.11. The third-order valence-corrected chi connectivity index (χ3v) is 3.48. The standard InChI is InChI=1S/C14H14O2/c1-2-16-14(15)11-5-6-12-9-3-4-10(7-9)13(12)8-11/h3-6,8-10H,2,7H2,1H3/t9-,10-/m0/s1. The van der Waals surface area contributed by atoms with E-state index in [0.29, 0.717) is 24.0 Å². The number of benzene rings is 1. The smallest absolute Gasteiger partial charge is 0.338 e. The normalized spacial score (nSPS) is 24.6. The average Bonchev–Trinajstić information content (AvgIpc) is 2.90. The van der Waals surface area contributed by atoms with Crippen LogP contribution in [0.15, 0.2) is 30.4 Å². The first kappa shape index (κ1) is 9.64. The Hall–Kier alpha value is -1.57. The summed E-state index contributed by atoms with van der Waals surface area (Å²) < 4.78 is 5.01. The molecule has 0 fully saturated rings. The SMILES string of the molecule is CCOC(=O)c1ccc2c(c1)[C@H]1C=C[C@H]2C1. The molecule has 0 amide bonds. The summed E-state index contributed by atoms with van der Waals surface area (Å²) in [6, 6.07) is 5.96. The topological polar surface area (TPSA) is 26.3 Å². The number of fused-ring (bicyclic) bond motifs is 5. The minimum absolute atomic E-state index is 0.211. The van der Waals surface area contributed by atoms with Crippen LogP contribution in [0.5, 0.6) is 0 Å². The predicted octanol–water partition coefficient (Wildman–Crippen LogP) is 3.00. The summed E-state index contributed by atoms with van der Waals surface area (Å²) in [5.74, 6) is 0.891. The predicted molar refractivity (Wildman–Crippen MR) is 61.6 cm³/mol. The Kier molecular flexibility index (Phi) is 2.10. The van der Waals surface area contributed by atoms with E-state index in [1.165, 1.54) is 17.5 Å². The first-order valence-electron chi connectivity index (χ1n) is 5.79. The van der Waals surface area contributed by atoms with E-state index in [-0.39, 0.29) is 5.97 Å². The van der Waals surface area contributed by atoms with Crippen molar-refractivity contribution in [3.05, 3.63) is 47.0 Å². The molecule has 1 aromatic carbocycles. The van der Waals surface area contributed by atoms with Gasteiger partial charge in [-0.3, -0.25) is 0 Å². The van der Waals surface area contributed by atoms with Gasteiger partial charge in [0.25, 0.3) is 0 Å². The van der Waals surface area contributed by atoms with Crippen LogP contribution in [0.3, 0.4) is 0 Å². The Balaban J connectivity index is 1.96. The van der Waals surface area contributed by atoms with Gasteiger partial charge in [-0.25, -0.2) is 4.79 Å². The van der Waals surface area contributed by atoms with E-state index < -0.39 is 0 Å². The van der Waals surface area contributed by atoms with E-state index in [0.717, 1.165) is 0 Å². The first-order valence-corrected chi connectivity index (χ1v) is 5.79. The molecule has 0 radical (unpaired) electrons. The quantitative estimate of drug-likeness (QED) is 0.558. The number of allylic oxidation sites excluding steroid dienone is 2. The zero-order valence-electron chi connectivity index (χ0n) is 9.27. The summed E-state index contributed by atoms with van der Waals surface area (Å²) in [6.45, 7) is 2.26. The Labute approximate surface area is 94.9 Å². The van der Waals surface area contributed by atoms with E-state index in [1.54, 1.807) is 0 Å². The third kappa shape index (κ3) is 1.29. The Morgan fingerprint density at radius 2 is 2.06 bits per heavy atom. The molecular formula is C14H14O2. The summed E-state index contributed by atoms with van der Waals surface area (Å²) >= 11 is 0. The molecule has 0 spiro atoms. The number of carbonyl (C=O) groups is 1. The van der Waals surface area contributed by atoms with E-state index in [2.05, 4.69) is 18.2 Å². The molecule has 0 aromatic heterocycles. The number of ether oxygens (including phenoxy) is 1. The van der Waals surface area contributed by atoms with Crippen molar-refractivity contribution in [1.29, 1.82) is 0 Å². The minimum atomic E-state index is -0.211. The van der Waals surface area contributed by atoms with E-state index >= 15 is 0 Å². The molecule has 2 nitrogen and oxygen atoms in total. The molecule has 2 aliphatic rings. The lowest BCUT2D eigenvalue weighted by molar-refractivity contribution is 0.0526. The summed E-state index contributed by atoms with van der Waals surface area (Å²) in [6.07, 6.45) is 5.71. The molecule has 1 aromatic rings. The number of carbonyl (C=O) groups excluding carboxylic acids is 1. The fraction of sp³-hybridized carbons (Fsp3) is 0.357. The fourth-order valence-corrected chi connectivity index (χ4v) is 2.74. The highest BCUT2D eigenvalue weighted by molar-refractivity contribution is 5.90. The van der Waals surface area contributed by atoms with E-state index in [4.69, 9.17) is 4.74 Å². The zero-order chi connectivity index (χ0) is 11.1. The molecule has 16 heavy (non-hydrogen) atoms. The monoisotopic (exact) mass is 214 g/mol. The molecule has 0 saturated carbocycles. The van der Waals surface area contributed by atoms with Crippen molar-refractivity contribution in [2.24, 2.45) is 0 Å². The van der Waals surface area contributed by atoms with Gasteiger partial charge in [-0.05, 0) is 36.6 Å². The largest absolute Gasteiger partial charge is 0.462 e. The van der Waals surface area contributed by atoms with Gasteiger partial charge in [0.05, 0.1) is 12.2 Å². The van der Waals surface area contributed by atoms with Crippen molar-refractivity contribution >= 4 is 5.97 Å². The summed E-state index contributed by atoms with van der Waals surface area (Å²) in [4.78, 5) is 11.6. The van der Waals surface area contributed by atoms with Gasteiger partial charge in [0.1, 0.15) is 0 Å². The third-order valence-electron chi connectivity index (χ3n) is 3.48. The second-order valence-electron chi connectivity index (χ2n) is 4.40. The van der Waals surface area contributed by atoms with E-state index in [9.17, 15) is 4.79 Å². The van der Waals surface area contributed by atoms with E-state index in [1.807, 2.05) is 19.1 Å². The van der Waals surface area contributed by atoms with Gasteiger partial charge in [0.2, 0.25) is 0 Å². The molecule has 2 bridgehead atoms. The van der Waals surface area contributed by atoms with Gasteiger partial charge < -0.3 is 4.74 Å². The number of rotatable bonds is 2. The van der Waals surface area contributed by atoms with Crippen LogP contribution in [0.1, 0.15) is 46.7 Å². The van der Waals surface area contributed by atoms with Gasteiger partial charge in [-0.1, -0.05) is 18.2 Å². The van der Waals surface area contributed by atoms with Crippen molar-refractivity contribution in [1.82, 2.24) is 0 Å². The maximum Gasteiger partial charge on any atom is 0.338 e. The molecule has 0 saturated heterocycles. The molecule has 0 unspecified atom stereocenters. The molecule has 0 heterocycles. The van der Waals surface area contributed by atoms with Crippen LogP contribution in [0.2, 0.25) is 0 Å². The molecule has 0 aliphatic heterocycles. The summed E-state index contributed by atoms with van der Waals surface area (Å²) in [5, 5.41) is 0. The summed E-state index contributed by atoms with van der Waals surface area (Å²) in [5.41, 5.74) is 3.39. The number of esters is 1. The minimum Gasteiger partial charge on any atom is -0.462 e. The van der Waals surface area contributed by atoms with Gasteiger partial charge in [-0.15, -0.1) is 0 Å². The average molecular weight is 214 g/mol. The zero-order valence-corrected chi connectivity index (χ0v) is 9.27. The van der Waals surface area contributed by atoms with Gasteiger partial charge in [-0.2, -0.15) is 0 Å². The van der Waals surface area contributed by atoms with Gasteiger partial charge in [0.15, 0.2) is 0 Å². The number of hydrogen-bond donors (Lipinski definition) is 0. The van der Waals surface area contributed by atoms with Crippen LogP contribution in [-0.4, -0.2) is 12.6 Å².